The van der Waals surface area contributed by atoms with Gasteiger partial charge in [0.2, 0.25) is 5.91 Å². The molecule has 27 heavy (non-hydrogen) atoms. The molecule has 0 saturated heterocycles. The van der Waals surface area contributed by atoms with Crippen molar-refractivity contribution in [1.29, 1.82) is 0 Å². The number of halogens is 3. The molecule has 8 heteroatoms. The molecule has 0 bridgehead atoms. The van der Waals surface area contributed by atoms with Crippen LogP contribution in [0.4, 0.5) is 19.0 Å². The van der Waals surface area contributed by atoms with Gasteiger partial charge in [-0.25, -0.2) is 0 Å². The lowest BCUT2D eigenvalue weighted by Crippen LogP contribution is -2.09. The molecule has 0 aliphatic heterocycles. The first-order chi connectivity index (χ1) is 12.7. The number of aryl methyl sites for hydroxylation is 1. The summed E-state index contributed by atoms with van der Waals surface area (Å²) in [5.41, 5.74) is -0.257. The van der Waals surface area contributed by atoms with E-state index in [2.05, 4.69) is 10.4 Å². The number of alkyl halides is 3. The number of amides is 1. The van der Waals surface area contributed by atoms with Gasteiger partial charge in [0.25, 0.3) is 0 Å². The molecule has 0 atom stereocenters. The van der Waals surface area contributed by atoms with Gasteiger partial charge in [0.05, 0.1) is 5.56 Å². The summed E-state index contributed by atoms with van der Waals surface area (Å²) in [6, 6.07) is 6.16. The van der Waals surface area contributed by atoms with E-state index in [1.165, 1.54) is 24.3 Å². The summed E-state index contributed by atoms with van der Waals surface area (Å²) < 4.78 is 39.2. The second-order valence-electron chi connectivity index (χ2n) is 6.07. The molecule has 1 N–H and O–H groups in total. The number of nitrogens with one attached hydrogen (secondary N) is 1. The van der Waals surface area contributed by atoms with E-state index in [1.54, 1.807) is 23.9 Å². The molecule has 0 radical (unpaired) electrons. The van der Waals surface area contributed by atoms with E-state index in [0.29, 0.717) is 24.3 Å². The van der Waals surface area contributed by atoms with Crippen LogP contribution in [0.15, 0.2) is 42.6 Å². The first-order valence-electron chi connectivity index (χ1n) is 8.43. The normalized spacial score (nSPS) is 11.7. The minimum absolute atomic E-state index is 0.156. The van der Waals surface area contributed by atoms with Gasteiger partial charge in [-0.3, -0.25) is 9.48 Å². The van der Waals surface area contributed by atoms with Crippen LogP contribution < -0.4 is 5.32 Å². The fourth-order valence-electron chi connectivity index (χ4n) is 2.32. The molecule has 144 valence electrons. The summed E-state index contributed by atoms with van der Waals surface area (Å²) >= 11 is 0. The zero-order chi connectivity index (χ0) is 19.9. The molecule has 1 aromatic carbocycles. The van der Waals surface area contributed by atoms with E-state index in [9.17, 15) is 22.8 Å². The van der Waals surface area contributed by atoms with Gasteiger partial charge in [0.1, 0.15) is 5.78 Å². The number of nitrogens with zero attached hydrogens (tertiary/aromatic N) is 2. The number of ketones is 1. The molecule has 2 rings (SSSR count). The van der Waals surface area contributed by atoms with Crippen molar-refractivity contribution in [3.63, 3.8) is 0 Å². The van der Waals surface area contributed by atoms with Gasteiger partial charge in [0.15, 0.2) is 5.82 Å². The zero-order valence-electron chi connectivity index (χ0n) is 14.8. The maximum atomic E-state index is 12.5. The number of rotatable bonds is 8. The van der Waals surface area contributed by atoms with Gasteiger partial charge >= 0.3 is 6.18 Å². The molecule has 0 aliphatic carbocycles. The van der Waals surface area contributed by atoms with E-state index >= 15 is 0 Å². The van der Waals surface area contributed by atoms with Crippen LogP contribution in [0.1, 0.15) is 37.3 Å². The van der Waals surface area contributed by atoms with Gasteiger partial charge in [-0.2, -0.15) is 18.3 Å². The number of anilines is 1. The monoisotopic (exact) mass is 379 g/mol. The minimum atomic E-state index is -4.38. The van der Waals surface area contributed by atoms with Crippen LogP contribution in [0.5, 0.6) is 0 Å². The highest BCUT2D eigenvalue weighted by Crippen LogP contribution is 2.29. The Morgan fingerprint density at radius 3 is 2.48 bits per heavy atom. The van der Waals surface area contributed by atoms with Crippen molar-refractivity contribution in [1.82, 2.24) is 9.78 Å². The van der Waals surface area contributed by atoms with Crippen LogP contribution in [0.2, 0.25) is 0 Å². The number of hydrogen-bond acceptors (Lipinski definition) is 3. The Balaban J connectivity index is 1.83. The maximum absolute atomic E-state index is 12.5. The Bertz CT molecular complexity index is 808. The van der Waals surface area contributed by atoms with Crippen molar-refractivity contribution in [2.24, 2.45) is 0 Å². The third-order valence-electron chi connectivity index (χ3n) is 3.72. The van der Waals surface area contributed by atoms with Gasteiger partial charge in [-0.05, 0) is 43.5 Å². The van der Waals surface area contributed by atoms with E-state index < -0.39 is 17.6 Å². The van der Waals surface area contributed by atoms with Crippen molar-refractivity contribution in [2.75, 3.05) is 5.32 Å². The SMILES string of the molecule is CC(=O)CCCCn1ccc(NC(=O)/C=C\c2ccc(C(F)(F)F)cc2)n1. The minimum Gasteiger partial charge on any atom is -0.306 e. The molecule has 1 amide bonds. The van der Waals surface area contributed by atoms with Crippen LogP contribution >= 0.6 is 0 Å². The summed E-state index contributed by atoms with van der Waals surface area (Å²) in [6.07, 6.45) is 2.13. The largest absolute Gasteiger partial charge is 0.416 e. The second kappa shape index (κ2) is 9.16. The van der Waals surface area contributed by atoms with E-state index in [-0.39, 0.29) is 5.78 Å². The van der Waals surface area contributed by atoms with E-state index in [4.69, 9.17) is 0 Å². The molecule has 0 aliphatic rings. The van der Waals surface area contributed by atoms with Crippen LogP contribution in [-0.2, 0) is 22.3 Å². The van der Waals surface area contributed by atoms with Gasteiger partial charge in [-0.1, -0.05) is 12.1 Å². The Kier molecular flexibility index (Phi) is 6.92. The lowest BCUT2D eigenvalue weighted by molar-refractivity contribution is -0.137. The number of unbranched alkanes of at least 4 members (excludes halogenated alkanes) is 1. The molecule has 0 spiro atoms. The number of carbonyl (C=O) groups is 2. The van der Waals surface area contributed by atoms with Crippen molar-refractivity contribution >= 4 is 23.6 Å². The lowest BCUT2D eigenvalue weighted by Gasteiger charge is -2.05. The maximum Gasteiger partial charge on any atom is 0.416 e. The predicted molar refractivity (Wildman–Crippen MR) is 95.9 cm³/mol. The van der Waals surface area contributed by atoms with Gasteiger partial charge in [-0.15, -0.1) is 0 Å². The molecular formula is C19H20F3N3O2. The van der Waals surface area contributed by atoms with E-state index in [1.807, 2.05) is 0 Å². The molecule has 2 aromatic rings. The molecule has 1 aromatic heterocycles. The van der Waals surface area contributed by atoms with Crippen LogP contribution in [-0.4, -0.2) is 21.5 Å². The number of Topliss-reactive ketones (excluding diaryl/α,β-unsaturated/α-hetero) is 1. The van der Waals surface area contributed by atoms with Crippen molar-refractivity contribution in [3.05, 3.63) is 53.7 Å². The summed E-state index contributed by atoms with van der Waals surface area (Å²) in [6.45, 7) is 2.20. The van der Waals surface area contributed by atoms with Crippen LogP contribution in [0.3, 0.4) is 0 Å². The molecule has 5 nitrogen and oxygen atoms in total. The molecule has 0 unspecified atom stereocenters. The summed E-state index contributed by atoms with van der Waals surface area (Å²) in [4.78, 5) is 22.8. The van der Waals surface area contributed by atoms with Crippen molar-refractivity contribution in [2.45, 2.75) is 38.9 Å². The fraction of sp³-hybridized carbons (Fsp3) is 0.316. The molecular weight excluding hydrogens is 359 g/mol. The van der Waals surface area contributed by atoms with Crippen LogP contribution in [0.25, 0.3) is 6.08 Å². The summed E-state index contributed by atoms with van der Waals surface area (Å²) in [5.74, 6) is 0.101. The highest BCUT2D eigenvalue weighted by Gasteiger charge is 2.29. The Labute approximate surface area is 154 Å². The average molecular weight is 379 g/mol. The predicted octanol–water partition coefficient (Wildman–Crippen LogP) is 4.31. The van der Waals surface area contributed by atoms with E-state index in [0.717, 1.165) is 25.0 Å². The number of hydrogen-bond donors (Lipinski definition) is 1. The average Bonchev–Trinajstić information content (AvgIpc) is 3.03. The van der Waals surface area contributed by atoms with Gasteiger partial charge < -0.3 is 10.1 Å². The number of aromatic nitrogens is 2. The second-order valence-corrected chi connectivity index (χ2v) is 6.07. The first kappa shape index (κ1) is 20.4. The Hall–Kier alpha value is -2.90. The van der Waals surface area contributed by atoms with Gasteiger partial charge in [0, 0.05) is 31.3 Å². The Morgan fingerprint density at radius 2 is 1.85 bits per heavy atom. The molecule has 0 saturated carbocycles. The standard InChI is InChI=1S/C19H20F3N3O2/c1-14(26)4-2-3-12-25-13-11-17(24-25)23-18(27)10-7-15-5-8-16(9-6-15)19(20,21)22/h5-11,13H,2-4,12H2,1H3,(H,23,24,27)/b10-7-. The van der Waals surface area contributed by atoms with Crippen molar-refractivity contribution < 1.29 is 22.8 Å². The lowest BCUT2D eigenvalue weighted by atomic mass is 10.1. The summed E-state index contributed by atoms with van der Waals surface area (Å²) in [5, 5.41) is 6.79. The third kappa shape index (κ3) is 7.08. The summed E-state index contributed by atoms with van der Waals surface area (Å²) in [7, 11) is 0. The highest BCUT2D eigenvalue weighted by molar-refractivity contribution is 6.01. The van der Waals surface area contributed by atoms with Crippen molar-refractivity contribution in [3.8, 4) is 0 Å². The number of benzene rings is 1. The molecule has 1 heterocycles. The smallest absolute Gasteiger partial charge is 0.306 e. The quantitative estimate of drug-likeness (QED) is 0.549. The molecule has 0 fully saturated rings. The Morgan fingerprint density at radius 1 is 1.15 bits per heavy atom. The first-order valence-corrected chi connectivity index (χ1v) is 8.43. The fourth-order valence-corrected chi connectivity index (χ4v) is 2.32. The topological polar surface area (TPSA) is 64.0 Å². The zero-order valence-corrected chi connectivity index (χ0v) is 14.8. The third-order valence-corrected chi connectivity index (χ3v) is 3.72. The highest BCUT2D eigenvalue weighted by atomic mass is 19.4. The van der Waals surface area contributed by atoms with Crippen LogP contribution in [0, 0.1) is 0 Å². The number of carbonyl (C=O) groups excluding carboxylic acids is 2.